The zero-order valence-electron chi connectivity index (χ0n) is 10.9. The van der Waals surface area contributed by atoms with Crippen LogP contribution in [-0.4, -0.2) is 6.04 Å². The molecule has 0 fully saturated rings. The maximum atomic E-state index is 13.1. The monoisotopic (exact) mass is 341 g/mol. The SMILES string of the molecule is CC(N)Cc1ccc(Oc2ccc(F)c(F)c2)c(Br)c1. The number of nitrogens with two attached hydrogens (primary N) is 1. The highest BCUT2D eigenvalue weighted by molar-refractivity contribution is 9.10. The van der Waals surface area contributed by atoms with Crippen LogP contribution in [0.25, 0.3) is 0 Å². The van der Waals surface area contributed by atoms with E-state index in [2.05, 4.69) is 15.9 Å². The van der Waals surface area contributed by atoms with Crippen molar-refractivity contribution < 1.29 is 13.5 Å². The van der Waals surface area contributed by atoms with Gasteiger partial charge in [-0.2, -0.15) is 0 Å². The van der Waals surface area contributed by atoms with Crippen LogP contribution in [0.1, 0.15) is 12.5 Å². The van der Waals surface area contributed by atoms with Crippen molar-refractivity contribution in [3.8, 4) is 11.5 Å². The van der Waals surface area contributed by atoms with Gasteiger partial charge in [0.2, 0.25) is 0 Å². The molecule has 0 aliphatic heterocycles. The molecule has 0 bridgehead atoms. The highest BCUT2D eigenvalue weighted by Crippen LogP contribution is 2.31. The van der Waals surface area contributed by atoms with E-state index >= 15 is 0 Å². The van der Waals surface area contributed by atoms with Gasteiger partial charge < -0.3 is 10.5 Å². The Morgan fingerprint density at radius 3 is 2.50 bits per heavy atom. The molecule has 0 radical (unpaired) electrons. The summed E-state index contributed by atoms with van der Waals surface area (Å²) >= 11 is 3.39. The maximum absolute atomic E-state index is 13.1. The summed E-state index contributed by atoms with van der Waals surface area (Å²) in [5.74, 6) is -1.06. The minimum atomic E-state index is -0.938. The van der Waals surface area contributed by atoms with Crippen LogP contribution in [-0.2, 0) is 6.42 Å². The molecule has 0 aliphatic carbocycles. The average molecular weight is 342 g/mol. The van der Waals surface area contributed by atoms with E-state index in [0.29, 0.717) is 5.75 Å². The Morgan fingerprint density at radius 1 is 1.15 bits per heavy atom. The molecule has 106 valence electrons. The molecule has 2 aromatic carbocycles. The van der Waals surface area contributed by atoms with E-state index < -0.39 is 11.6 Å². The lowest BCUT2D eigenvalue weighted by atomic mass is 10.1. The molecule has 2 N–H and O–H groups in total. The molecule has 0 amide bonds. The average Bonchev–Trinajstić information content (AvgIpc) is 2.36. The second kappa shape index (κ2) is 6.33. The highest BCUT2D eigenvalue weighted by Gasteiger charge is 2.08. The molecule has 0 spiro atoms. The van der Waals surface area contributed by atoms with E-state index in [9.17, 15) is 8.78 Å². The normalized spacial score (nSPS) is 12.2. The largest absolute Gasteiger partial charge is 0.456 e. The Hall–Kier alpha value is -1.46. The van der Waals surface area contributed by atoms with Crippen molar-refractivity contribution in [2.75, 3.05) is 0 Å². The van der Waals surface area contributed by atoms with Gasteiger partial charge in [0.15, 0.2) is 11.6 Å². The van der Waals surface area contributed by atoms with Crippen LogP contribution in [0.15, 0.2) is 40.9 Å². The summed E-state index contributed by atoms with van der Waals surface area (Å²) < 4.78 is 32.2. The summed E-state index contributed by atoms with van der Waals surface area (Å²) in [5.41, 5.74) is 6.82. The summed E-state index contributed by atoms with van der Waals surface area (Å²) in [4.78, 5) is 0. The zero-order chi connectivity index (χ0) is 14.7. The van der Waals surface area contributed by atoms with E-state index in [0.717, 1.165) is 28.6 Å². The van der Waals surface area contributed by atoms with Crippen LogP contribution < -0.4 is 10.5 Å². The van der Waals surface area contributed by atoms with Gasteiger partial charge in [-0.3, -0.25) is 0 Å². The Labute approximate surface area is 124 Å². The molecule has 2 nitrogen and oxygen atoms in total. The van der Waals surface area contributed by atoms with Gasteiger partial charge >= 0.3 is 0 Å². The minimum Gasteiger partial charge on any atom is -0.456 e. The molecular weight excluding hydrogens is 328 g/mol. The smallest absolute Gasteiger partial charge is 0.162 e. The van der Waals surface area contributed by atoms with Crippen LogP contribution in [0.2, 0.25) is 0 Å². The molecule has 2 rings (SSSR count). The number of hydrogen-bond acceptors (Lipinski definition) is 2. The van der Waals surface area contributed by atoms with Gasteiger partial charge in [0.25, 0.3) is 0 Å². The van der Waals surface area contributed by atoms with Crippen LogP contribution >= 0.6 is 15.9 Å². The number of rotatable bonds is 4. The van der Waals surface area contributed by atoms with E-state index in [1.807, 2.05) is 19.1 Å². The number of benzene rings is 2. The summed E-state index contributed by atoms with van der Waals surface area (Å²) in [6.07, 6.45) is 0.754. The van der Waals surface area contributed by atoms with E-state index in [1.165, 1.54) is 6.07 Å². The van der Waals surface area contributed by atoms with Crippen molar-refractivity contribution >= 4 is 15.9 Å². The Bertz CT molecular complexity index is 617. The highest BCUT2D eigenvalue weighted by atomic mass is 79.9. The Morgan fingerprint density at radius 2 is 1.90 bits per heavy atom. The second-order valence-electron chi connectivity index (χ2n) is 4.62. The third-order valence-corrected chi connectivity index (χ3v) is 3.29. The maximum Gasteiger partial charge on any atom is 0.162 e. The molecule has 5 heteroatoms. The van der Waals surface area contributed by atoms with Crippen molar-refractivity contribution in [2.24, 2.45) is 5.73 Å². The van der Waals surface area contributed by atoms with Gasteiger partial charge in [0, 0.05) is 12.1 Å². The first-order valence-corrected chi connectivity index (χ1v) is 6.92. The first-order valence-electron chi connectivity index (χ1n) is 6.12. The zero-order valence-corrected chi connectivity index (χ0v) is 12.5. The lowest BCUT2D eigenvalue weighted by molar-refractivity contribution is 0.459. The third kappa shape index (κ3) is 3.77. The van der Waals surface area contributed by atoms with Gasteiger partial charge in [0.1, 0.15) is 11.5 Å². The fourth-order valence-corrected chi connectivity index (χ4v) is 2.30. The van der Waals surface area contributed by atoms with Gasteiger partial charge in [-0.25, -0.2) is 8.78 Å². The van der Waals surface area contributed by atoms with Crippen LogP contribution in [0, 0.1) is 11.6 Å². The van der Waals surface area contributed by atoms with Gasteiger partial charge in [-0.1, -0.05) is 6.07 Å². The number of ether oxygens (including phenoxy) is 1. The van der Waals surface area contributed by atoms with Crippen LogP contribution in [0.4, 0.5) is 8.78 Å². The lowest BCUT2D eigenvalue weighted by Gasteiger charge is -2.11. The van der Waals surface area contributed by atoms with E-state index in [-0.39, 0.29) is 11.8 Å². The summed E-state index contributed by atoms with van der Waals surface area (Å²) in [5, 5.41) is 0. The Kier molecular flexibility index (Phi) is 4.73. The van der Waals surface area contributed by atoms with Crippen LogP contribution in [0.5, 0.6) is 11.5 Å². The van der Waals surface area contributed by atoms with Crippen molar-refractivity contribution in [3.63, 3.8) is 0 Å². The molecule has 0 aromatic heterocycles. The number of halogens is 3. The first kappa shape index (κ1) is 14.9. The Balaban J connectivity index is 2.19. The summed E-state index contributed by atoms with van der Waals surface area (Å²) in [7, 11) is 0. The molecular formula is C15H14BrF2NO. The summed E-state index contributed by atoms with van der Waals surface area (Å²) in [6, 6.07) is 9.05. The molecule has 0 aliphatic rings. The molecule has 1 unspecified atom stereocenters. The minimum absolute atomic E-state index is 0.0693. The van der Waals surface area contributed by atoms with Gasteiger partial charge in [-0.15, -0.1) is 0 Å². The standard InChI is InChI=1S/C15H14BrF2NO/c1-9(19)6-10-2-5-15(12(16)7-10)20-11-3-4-13(17)14(18)8-11/h2-5,7-9H,6,19H2,1H3. The summed E-state index contributed by atoms with van der Waals surface area (Å²) in [6.45, 7) is 1.93. The van der Waals surface area contributed by atoms with Crippen molar-refractivity contribution in [2.45, 2.75) is 19.4 Å². The van der Waals surface area contributed by atoms with Crippen molar-refractivity contribution in [1.82, 2.24) is 0 Å². The third-order valence-electron chi connectivity index (χ3n) is 2.67. The predicted octanol–water partition coefficient (Wildman–Crippen LogP) is 4.41. The molecule has 1 atom stereocenters. The van der Waals surface area contributed by atoms with Crippen molar-refractivity contribution in [3.05, 3.63) is 58.1 Å². The molecule has 20 heavy (non-hydrogen) atoms. The van der Waals surface area contributed by atoms with E-state index in [4.69, 9.17) is 10.5 Å². The molecule has 0 heterocycles. The van der Waals surface area contributed by atoms with Gasteiger partial charge in [0.05, 0.1) is 4.47 Å². The quantitative estimate of drug-likeness (QED) is 0.893. The predicted molar refractivity (Wildman–Crippen MR) is 77.9 cm³/mol. The molecule has 0 saturated heterocycles. The second-order valence-corrected chi connectivity index (χ2v) is 5.48. The van der Waals surface area contributed by atoms with Crippen molar-refractivity contribution in [1.29, 1.82) is 0 Å². The van der Waals surface area contributed by atoms with Gasteiger partial charge in [-0.05, 0) is 59.1 Å². The fraction of sp³-hybridized carbons (Fsp3) is 0.200. The lowest BCUT2D eigenvalue weighted by Crippen LogP contribution is -2.17. The number of hydrogen-bond donors (Lipinski definition) is 1. The van der Waals surface area contributed by atoms with Crippen LogP contribution in [0.3, 0.4) is 0 Å². The fourth-order valence-electron chi connectivity index (χ4n) is 1.79. The first-order chi connectivity index (χ1) is 9.45. The topological polar surface area (TPSA) is 35.2 Å². The molecule has 0 saturated carbocycles. The molecule has 2 aromatic rings. The van der Waals surface area contributed by atoms with E-state index in [1.54, 1.807) is 6.07 Å².